The van der Waals surface area contributed by atoms with Gasteiger partial charge in [0.25, 0.3) is 0 Å². The quantitative estimate of drug-likeness (QED) is 0.536. The Morgan fingerprint density at radius 1 is 1.15 bits per heavy atom. The van der Waals surface area contributed by atoms with Gasteiger partial charge in [-0.15, -0.1) is 0 Å². The van der Waals surface area contributed by atoms with Gasteiger partial charge in [-0.1, -0.05) is 21.1 Å². The third-order valence-corrected chi connectivity index (χ3v) is 6.34. The highest BCUT2D eigenvalue weighted by Gasteiger charge is 2.44. The van der Waals surface area contributed by atoms with Gasteiger partial charge in [0.2, 0.25) is 5.28 Å². The van der Waals surface area contributed by atoms with E-state index >= 15 is 0 Å². The van der Waals surface area contributed by atoms with Gasteiger partial charge in [0.05, 0.1) is 11.1 Å². The molecule has 3 heterocycles. The molecular weight excluding hydrogens is 430 g/mol. The zero-order valence-electron chi connectivity index (χ0n) is 14.9. The molecule has 0 unspecified atom stereocenters. The Kier molecular flexibility index (Phi) is 4.05. The number of aromatic nitrogens is 3. The lowest BCUT2D eigenvalue weighted by molar-refractivity contribution is 0.385. The second kappa shape index (κ2) is 6.34. The van der Waals surface area contributed by atoms with E-state index in [1.54, 1.807) is 0 Å². The molecule has 6 nitrogen and oxygen atoms in total. The minimum absolute atomic E-state index is 0.207. The first kappa shape index (κ1) is 17.3. The van der Waals surface area contributed by atoms with Crippen LogP contribution >= 0.6 is 27.5 Å². The summed E-state index contributed by atoms with van der Waals surface area (Å²) >= 11 is 9.60. The van der Waals surface area contributed by atoms with Crippen molar-refractivity contribution >= 4 is 55.8 Å². The van der Waals surface area contributed by atoms with Crippen LogP contribution in [0.2, 0.25) is 5.28 Å². The number of nitrogens with zero attached hydrogens (tertiary/aromatic N) is 4. The van der Waals surface area contributed by atoms with Crippen LogP contribution in [0.5, 0.6) is 0 Å². The minimum atomic E-state index is 0.207. The maximum absolute atomic E-state index is 5.99. The van der Waals surface area contributed by atoms with Crippen LogP contribution < -0.4 is 10.2 Å². The minimum Gasteiger partial charge on any atom is -0.371 e. The zero-order chi connectivity index (χ0) is 18.6. The van der Waals surface area contributed by atoms with E-state index in [-0.39, 0.29) is 5.28 Å². The Bertz CT molecular complexity index is 1000. The molecule has 0 amide bonds. The molecule has 0 radical (unpaired) electrons. The summed E-state index contributed by atoms with van der Waals surface area (Å²) in [6, 6.07) is 5.93. The van der Waals surface area contributed by atoms with Crippen molar-refractivity contribution in [3.63, 3.8) is 0 Å². The third-order valence-electron chi connectivity index (χ3n) is 5.71. The first-order valence-corrected chi connectivity index (χ1v) is 10.3. The summed E-state index contributed by atoms with van der Waals surface area (Å²) in [5, 5.41) is 8.68. The van der Waals surface area contributed by atoms with E-state index in [1.807, 2.05) is 19.1 Å². The van der Waals surface area contributed by atoms with Gasteiger partial charge in [0.15, 0.2) is 11.4 Å². The molecule has 1 saturated carbocycles. The summed E-state index contributed by atoms with van der Waals surface area (Å²) in [7, 11) is 0. The maximum atomic E-state index is 5.99. The van der Waals surface area contributed by atoms with Crippen LogP contribution in [0, 0.1) is 12.3 Å². The molecule has 27 heavy (non-hydrogen) atoms. The maximum Gasteiger partial charge on any atom is 0.224 e. The smallest absolute Gasteiger partial charge is 0.224 e. The summed E-state index contributed by atoms with van der Waals surface area (Å²) < 4.78 is 6.59. The van der Waals surface area contributed by atoms with E-state index in [0.717, 1.165) is 39.9 Å². The lowest BCUT2D eigenvalue weighted by Gasteiger charge is -2.34. The lowest BCUT2D eigenvalue weighted by atomic mass is 9.93. The summed E-state index contributed by atoms with van der Waals surface area (Å²) in [5.41, 5.74) is 3.30. The normalized spacial score (nSPS) is 18.3. The van der Waals surface area contributed by atoms with E-state index in [4.69, 9.17) is 16.1 Å². The molecule has 2 aromatic heterocycles. The molecule has 0 atom stereocenters. The summed E-state index contributed by atoms with van der Waals surface area (Å²) in [6.45, 7) is 4.01. The number of aryl methyl sites for hydroxylation is 1. The molecule has 1 spiro atoms. The van der Waals surface area contributed by atoms with Crippen LogP contribution in [0.15, 0.2) is 27.2 Å². The van der Waals surface area contributed by atoms with Crippen molar-refractivity contribution in [3.05, 3.63) is 33.6 Å². The molecule has 2 fully saturated rings. The van der Waals surface area contributed by atoms with E-state index in [2.05, 4.69) is 47.3 Å². The number of hydrogen-bond acceptors (Lipinski definition) is 6. The Morgan fingerprint density at radius 2 is 1.93 bits per heavy atom. The van der Waals surface area contributed by atoms with Crippen molar-refractivity contribution in [2.45, 2.75) is 32.6 Å². The standard InChI is InChI=1S/C19H19BrClN5O/c1-11-8-15(24-18(21)22-11)23-17-16-13(9-12(20)10-14(16)27-25-17)26-6-4-19(2-3-19)5-7-26/h8-10H,2-7H2,1H3,(H,22,23,24,25). The number of rotatable bonds is 3. The Morgan fingerprint density at radius 3 is 2.63 bits per heavy atom. The average molecular weight is 449 g/mol. The largest absolute Gasteiger partial charge is 0.371 e. The number of nitrogens with one attached hydrogen (secondary N) is 1. The van der Waals surface area contributed by atoms with Crippen molar-refractivity contribution in [1.29, 1.82) is 0 Å². The number of hydrogen-bond donors (Lipinski definition) is 1. The van der Waals surface area contributed by atoms with Crippen molar-refractivity contribution in [3.8, 4) is 0 Å². The van der Waals surface area contributed by atoms with E-state index < -0.39 is 0 Å². The van der Waals surface area contributed by atoms with Crippen molar-refractivity contribution in [1.82, 2.24) is 15.1 Å². The first-order chi connectivity index (χ1) is 13.0. The van der Waals surface area contributed by atoms with Gasteiger partial charge in [-0.05, 0) is 61.8 Å². The molecule has 1 aliphatic heterocycles. The van der Waals surface area contributed by atoms with E-state index in [0.29, 0.717) is 17.1 Å². The second-order valence-corrected chi connectivity index (χ2v) is 8.86. The summed E-state index contributed by atoms with van der Waals surface area (Å²) in [4.78, 5) is 10.8. The van der Waals surface area contributed by atoms with E-state index in [1.165, 1.54) is 25.7 Å². The number of benzene rings is 1. The highest BCUT2D eigenvalue weighted by molar-refractivity contribution is 9.10. The molecule has 1 N–H and O–H groups in total. The van der Waals surface area contributed by atoms with Crippen LogP contribution in [0.3, 0.4) is 0 Å². The molecule has 140 valence electrons. The van der Waals surface area contributed by atoms with Crippen molar-refractivity contribution < 1.29 is 4.52 Å². The van der Waals surface area contributed by atoms with Crippen molar-refractivity contribution in [2.75, 3.05) is 23.3 Å². The van der Waals surface area contributed by atoms with Crippen LogP contribution in [-0.4, -0.2) is 28.2 Å². The molecule has 3 aromatic rings. The van der Waals surface area contributed by atoms with Crippen LogP contribution in [0.25, 0.3) is 11.0 Å². The number of anilines is 3. The molecular formula is C19H19BrClN5O. The molecule has 1 aliphatic carbocycles. The summed E-state index contributed by atoms with van der Waals surface area (Å²) in [6.07, 6.45) is 5.30. The first-order valence-electron chi connectivity index (χ1n) is 9.14. The topological polar surface area (TPSA) is 67.1 Å². The highest BCUT2D eigenvalue weighted by Crippen LogP contribution is 2.54. The van der Waals surface area contributed by atoms with Crippen molar-refractivity contribution in [2.24, 2.45) is 5.41 Å². The number of fused-ring (bicyclic) bond motifs is 1. The van der Waals surface area contributed by atoms with Gasteiger partial charge in [0, 0.05) is 29.3 Å². The monoisotopic (exact) mass is 447 g/mol. The van der Waals surface area contributed by atoms with Crippen LogP contribution in [0.4, 0.5) is 17.3 Å². The number of piperidine rings is 1. The van der Waals surface area contributed by atoms with E-state index in [9.17, 15) is 0 Å². The summed E-state index contributed by atoms with van der Waals surface area (Å²) in [5.74, 6) is 1.25. The molecule has 8 heteroatoms. The molecule has 1 aromatic carbocycles. The predicted octanol–water partition coefficient (Wildman–Crippen LogP) is 5.47. The zero-order valence-corrected chi connectivity index (χ0v) is 17.3. The lowest BCUT2D eigenvalue weighted by Crippen LogP contribution is -2.34. The Hall–Kier alpha value is -1.86. The van der Waals surface area contributed by atoms with Gasteiger partial charge in [0.1, 0.15) is 5.82 Å². The van der Waals surface area contributed by atoms with Gasteiger partial charge < -0.3 is 14.7 Å². The van der Waals surface area contributed by atoms with Gasteiger partial charge in [-0.3, -0.25) is 0 Å². The SMILES string of the molecule is Cc1cc(Nc2noc3cc(Br)cc(N4CCC5(CC4)CC5)c23)nc(Cl)n1. The van der Waals surface area contributed by atoms with Crippen LogP contribution in [-0.2, 0) is 0 Å². The third kappa shape index (κ3) is 3.27. The molecule has 5 rings (SSSR count). The fourth-order valence-corrected chi connectivity index (χ4v) is 4.62. The van der Waals surface area contributed by atoms with Crippen LogP contribution in [0.1, 0.15) is 31.4 Å². The molecule has 2 aliphatic rings. The second-order valence-electron chi connectivity index (χ2n) is 7.60. The molecule has 0 bridgehead atoms. The number of halogens is 2. The predicted molar refractivity (Wildman–Crippen MR) is 110 cm³/mol. The van der Waals surface area contributed by atoms with Gasteiger partial charge in [-0.25, -0.2) is 9.97 Å². The Labute approximate surface area is 170 Å². The Balaban J connectivity index is 1.53. The fourth-order valence-electron chi connectivity index (χ4n) is 3.97. The van der Waals surface area contributed by atoms with Gasteiger partial charge >= 0.3 is 0 Å². The van der Waals surface area contributed by atoms with Gasteiger partial charge in [-0.2, -0.15) is 0 Å². The average Bonchev–Trinajstić information content (AvgIpc) is 3.25. The fraction of sp³-hybridized carbons (Fsp3) is 0.421. The molecule has 1 saturated heterocycles. The highest BCUT2D eigenvalue weighted by atomic mass is 79.9.